The molecule has 0 saturated carbocycles. The molecule has 0 bridgehead atoms. The molecule has 2 aromatic heterocycles. The predicted molar refractivity (Wildman–Crippen MR) is 114 cm³/mol. The first-order valence-corrected chi connectivity index (χ1v) is 10.1. The summed E-state index contributed by atoms with van der Waals surface area (Å²) in [5.74, 6) is 0.256. The zero-order chi connectivity index (χ0) is 20.8. The van der Waals surface area contributed by atoms with Crippen molar-refractivity contribution in [2.45, 2.75) is 39.7 Å². The van der Waals surface area contributed by atoms with Crippen LogP contribution in [0.4, 0.5) is 0 Å². The molecule has 4 rings (SSSR count). The van der Waals surface area contributed by atoms with E-state index in [1.54, 1.807) is 11.6 Å². The molecule has 3 heterocycles. The smallest absolute Gasteiger partial charge is 0.330 e. The molecule has 1 atom stereocenters. The minimum Gasteiger partial charge on any atom is -0.338 e. The lowest BCUT2D eigenvalue weighted by Crippen LogP contribution is -2.28. The third-order valence-electron chi connectivity index (χ3n) is 5.55. The minimum absolute atomic E-state index is 0.000531. The first-order valence-electron chi connectivity index (χ1n) is 10.1. The van der Waals surface area contributed by atoms with Gasteiger partial charge in [0.25, 0.3) is 5.91 Å². The molecule has 1 aromatic carbocycles. The van der Waals surface area contributed by atoms with Crippen molar-refractivity contribution in [1.29, 1.82) is 0 Å². The Morgan fingerprint density at radius 3 is 2.55 bits per heavy atom. The number of nitrogens with zero attached hydrogens (tertiary/aromatic N) is 4. The Morgan fingerprint density at radius 2 is 1.86 bits per heavy atom. The number of likely N-dealkylation sites (tertiary alicyclic amines) is 1. The Hall–Kier alpha value is -2.89. The van der Waals surface area contributed by atoms with Gasteiger partial charge in [-0.15, -0.1) is 0 Å². The van der Waals surface area contributed by atoms with E-state index in [0.717, 1.165) is 29.7 Å². The van der Waals surface area contributed by atoms with Crippen LogP contribution in [0.2, 0.25) is 0 Å². The van der Waals surface area contributed by atoms with Crippen LogP contribution in [0.25, 0.3) is 11.2 Å². The van der Waals surface area contributed by atoms with Crippen molar-refractivity contribution in [3.8, 4) is 0 Å². The van der Waals surface area contributed by atoms with Crippen LogP contribution in [0, 0.1) is 5.41 Å². The lowest BCUT2D eigenvalue weighted by molar-refractivity contribution is 0.0790. The summed E-state index contributed by atoms with van der Waals surface area (Å²) in [6.07, 6.45) is 0.883. The SMILES string of the molecule is Cn1c(=O)n(CC(C)(C)C)c2ccc(C3CCN(C(=O)c4ccccc4)C3)nc21. The monoisotopic (exact) mass is 392 g/mol. The summed E-state index contributed by atoms with van der Waals surface area (Å²) in [5, 5.41) is 0. The van der Waals surface area contributed by atoms with Gasteiger partial charge in [-0.2, -0.15) is 0 Å². The summed E-state index contributed by atoms with van der Waals surface area (Å²) >= 11 is 0. The van der Waals surface area contributed by atoms with Gasteiger partial charge in [-0.1, -0.05) is 39.0 Å². The molecule has 1 aliphatic rings. The molecule has 0 N–H and O–H groups in total. The Balaban J connectivity index is 1.60. The van der Waals surface area contributed by atoms with Crippen molar-refractivity contribution in [3.63, 3.8) is 0 Å². The van der Waals surface area contributed by atoms with Gasteiger partial charge in [-0.05, 0) is 36.1 Å². The van der Waals surface area contributed by atoms with Crippen molar-refractivity contribution in [2.75, 3.05) is 13.1 Å². The van der Waals surface area contributed by atoms with E-state index in [1.807, 2.05) is 51.9 Å². The van der Waals surface area contributed by atoms with Crippen LogP contribution in [-0.2, 0) is 13.6 Å². The summed E-state index contributed by atoms with van der Waals surface area (Å²) < 4.78 is 3.44. The number of benzene rings is 1. The molecule has 3 aromatic rings. The van der Waals surface area contributed by atoms with E-state index in [4.69, 9.17) is 4.98 Å². The van der Waals surface area contributed by atoms with Gasteiger partial charge in [0.1, 0.15) is 0 Å². The second kappa shape index (κ2) is 7.17. The second-order valence-corrected chi connectivity index (χ2v) is 9.17. The Labute approximate surface area is 170 Å². The van der Waals surface area contributed by atoms with Crippen LogP contribution in [0.5, 0.6) is 0 Å². The third-order valence-corrected chi connectivity index (χ3v) is 5.55. The third kappa shape index (κ3) is 3.71. The summed E-state index contributed by atoms with van der Waals surface area (Å²) in [5.41, 5.74) is 3.21. The van der Waals surface area contributed by atoms with E-state index in [1.165, 1.54) is 0 Å². The zero-order valence-corrected chi connectivity index (χ0v) is 17.6. The molecule has 6 heteroatoms. The molecule has 1 fully saturated rings. The maximum atomic E-state index is 12.7. The maximum absolute atomic E-state index is 12.7. The molecule has 0 aliphatic carbocycles. The van der Waals surface area contributed by atoms with Crippen molar-refractivity contribution < 1.29 is 4.79 Å². The topological polar surface area (TPSA) is 60.1 Å². The largest absolute Gasteiger partial charge is 0.338 e. The van der Waals surface area contributed by atoms with E-state index in [2.05, 4.69) is 20.8 Å². The number of hydrogen-bond donors (Lipinski definition) is 0. The van der Waals surface area contributed by atoms with E-state index in [9.17, 15) is 9.59 Å². The summed E-state index contributed by atoms with van der Waals surface area (Å²) in [6, 6.07) is 13.4. The van der Waals surface area contributed by atoms with Crippen LogP contribution in [0.3, 0.4) is 0 Å². The van der Waals surface area contributed by atoms with Gasteiger partial charge in [-0.3, -0.25) is 13.9 Å². The molecule has 152 valence electrons. The number of aryl methyl sites for hydroxylation is 1. The molecule has 6 nitrogen and oxygen atoms in total. The van der Waals surface area contributed by atoms with Crippen LogP contribution >= 0.6 is 0 Å². The quantitative estimate of drug-likeness (QED) is 0.686. The number of rotatable bonds is 3. The molecular weight excluding hydrogens is 364 g/mol. The summed E-state index contributed by atoms with van der Waals surface area (Å²) in [4.78, 5) is 32.2. The number of hydrogen-bond acceptors (Lipinski definition) is 3. The predicted octanol–water partition coefficient (Wildman–Crippen LogP) is 3.41. The van der Waals surface area contributed by atoms with Gasteiger partial charge < -0.3 is 4.90 Å². The number of fused-ring (bicyclic) bond motifs is 1. The van der Waals surface area contributed by atoms with Crippen molar-refractivity contribution >= 4 is 17.1 Å². The molecule has 1 aliphatic heterocycles. The first-order chi connectivity index (χ1) is 13.7. The Morgan fingerprint density at radius 1 is 1.14 bits per heavy atom. The zero-order valence-electron chi connectivity index (χ0n) is 17.6. The highest BCUT2D eigenvalue weighted by Gasteiger charge is 2.29. The van der Waals surface area contributed by atoms with Crippen molar-refractivity contribution in [2.24, 2.45) is 12.5 Å². The van der Waals surface area contributed by atoms with E-state index < -0.39 is 0 Å². The number of aromatic nitrogens is 3. The fourth-order valence-corrected chi connectivity index (χ4v) is 4.09. The first kappa shape index (κ1) is 19.4. The van der Waals surface area contributed by atoms with Crippen molar-refractivity contribution in [1.82, 2.24) is 19.0 Å². The summed E-state index contributed by atoms with van der Waals surface area (Å²) in [7, 11) is 1.78. The van der Waals surface area contributed by atoms with E-state index in [-0.39, 0.29) is 22.9 Å². The standard InChI is InChI=1S/C23H28N4O2/c1-23(2,3)15-27-19-11-10-18(24-20(19)25(4)22(27)29)17-12-13-26(14-17)21(28)16-8-6-5-7-9-16/h5-11,17H,12-15H2,1-4H3. The summed E-state index contributed by atoms with van der Waals surface area (Å²) in [6.45, 7) is 8.39. The number of pyridine rings is 1. The molecule has 0 radical (unpaired) electrons. The van der Waals surface area contributed by atoms with Crippen LogP contribution in [0.1, 0.15) is 49.2 Å². The normalized spacial score (nSPS) is 17.2. The highest BCUT2D eigenvalue weighted by molar-refractivity contribution is 5.94. The molecular formula is C23H28N4O2. The Kier molecular flexibility index (Phi) is 4.81. The van der Waals surface area contributed by atoms with E-state index in [0.29, 0.717) is 18.7 Å². The van der Waals surface area contributed by atoms with Gasteiger partial charge in [-0.25, -0.2) is 9.78 Å². The number of amides is 1. The lowest BCUT2D eigenvalue weighted by atomic mass is 9.97. The van der Waals surface area contributed by atoms with Gasteiger partial charge in [0.15, 0.2) is 5.65 Å². The fourth-order valence-electron chi connectivity index (χ4n) is 4.09. The average Bonchev–Trinajstić information content (AvgIpc) is 3.27. The number of carbonyl (C=O) groups excluding carboxylic acids is 1. The number of carbonyl (C=O) groups is 1. The molecule has 1 unspecified atom stereocenters. The van der Waals surface area contributed by atoms with Gasteiger partial charge in [0, 0.05) is 43.9 Å². The highest BCUT2D eigenvalue weighted by atomic mass is 16.2. The minimum atomic E-state index is -0.0353. The fraction of sp³-hybridized carbons (Fsp3) is 0.435. The van der Waals surface area contributed by atoms with Crippen LogP contribution in [-0.4, -0.2) is 38.0 Å². The van der Waals surface area contributed by atoms with Crippen LogP contribution in [0.15, 0.2) is 47.3 Å². The van der Waals surface area contributed by atoms with Crippen molar-refractivity contribution in [3.05, 3.63) is 64.2 Å². The van der Waals surface area contributed by atoms with Gasteiger partial charge in [0.2, 0.25) is 0 Å². The van der Waals surface area contributed by atoms with Gasteiger partial charge >= 0.3 is 5.69 Å². The van der Waals surface area contributed by atoms with E-state index >= 15 is 0 Å². The number of imidazole rings is 1. The second-order valence-electron chi connectivity index (χ2n) is 9.17. The highest BCUT2D eigenvalue weighted by Crippen LogP contribution is 2.28. The molecule has 1 saturated heterocycles. The molecule has 0 spiro atoms. The lowest BCUT2D eigenvalue weighted by Gasteiger charge is -2.18. The Bertz CT molecular complexity index is 1110. The average molecular weight is 393 g/mol. The van der Waals surface area contributed by atoms with Gasteiger partial charge in [0.05, 0.1) is 5.52 Å². The van der Waals surface area contributed by atoms with Crippen LogP contribution < -0.4 is 5.69 Å². The molecule has 1 amide bonds. The maximum Gasteiger partial charge on any atom is 0.330 e. The molecule has 29 heavy (non-hydrogen) atoms.